The van der Waals surface area contributed by atoms with Crippen LogP contribution in [-0.2, 0) is 6.54 Å². The molecule has 6 aromatic rings. The van der Waals surface area contributed by atoms with Crippen molar-refractivity contribution in [2.75, 3.05) is 5.73 Å². The smallest absolute Gasteiger partial charge is 0.266 e. The number of rotatable bonds is 4. The van der Waals surface area contributed by atoms with Gasteiger partial charge < -0.3 is 5.73 Å². The van der Waals surface area contributed by atoms with Crippen LogP contribution in [0.3, 0.4) is 0 Å². The van der Waals surface area contributed by atoms with Crippen LogP contribution in [0.1, 0.15) is 11.4 Å². The lowest BCUT2D eigenvalue weighted by atomic mass is 10.1. The molecule has 176 valence electrons. The van der Waals surface area contributed by atoms with Crippen LogP contribution in [0.4, 0.5) is 5.82 Å². The van der Waals surface area contributed by atoms with Gasteiger partial charge in [0.1, 0.15) is 30.2 Å². The van der Waals surface area contributed by atoms with Crippen molar-refractivity contribution in [1.29, 1.82) is 0 Å². The summed E-state index contributed by atoms with van der Waals surface area (Å²) in [6, 6.07) is 22.5. The molecule has 0 amide bonds. The average molecular weight is 494 g/mol. The van der Waals surface area contributed by atoms with Gasteiger partial charge in [-0.15, -0.1) is 0 Å². The van der Waals surface area contributed by atoms with Gasteiger partial charge in [-0.3, -0.25) is 9.36 Å². The van der Waals surface area contributed by atoms with E-state index in [1.807, 2.05) is 67.6 Å². The van der Waals surface area contributed by atoms with E-state index in [4.69, 9.17) is 27.4 Å². The first-order chi connectivity index (χ1) is 17.5. The molecule has 36 heavy (non-hydrogen) atoms. The molecule has 0 atom stereocenters. The Morgan fingerprint density at radius 1 is 0.917 bits per heavy atom. The van der Waals surface area contributed by atoms with Crippen LogP contribution in [-0.4, -0.2) is 29.3 Å². The Morgan fingerprint density at radius 2 is 1.69 bits per heavy atom. The second kappa shape index (κ2) is 8.58. The molecule has 0 aliphatic rings. The number of hydrogen-bond donors (Lipinski definition) is 1. The Balaban J connectivity index is 1.63. The van der Waals surface area contributed by atoms with Crippen LogP contribution in [0.2, 0.25) is 5.02 Å². The van der Waals surface area contributed by atoms with Gasteiger partial charge in [0.15, 0.2) is 5.65 Å². The number of nitrogens with zero attached hydrogens (tertiary/aromatic N) is 6. The van der Waals surface area contributed by atoms with E-state index in [9.17, 15) is 4.79 Å². The van der Waals surface area contributed by atoms with E-state index in [0.29, 0.717) is 50.0 Å². The highest BCUT2D eigenvalue weighted by molar-refractivity contribution is 6.32. The molecule has 0 unspecified atom stereocenters. The number of aromatic nitrogens is 6. The molecular formula is C27H20ClN7O. The van der Waals surface area contributed by atoms with Gasteiger partial charge in [0.25, 0.3) is 5.56 Å². The summed E-state index contributed by atoms with van der Waals surface area (Å²) >= 11 is 6.55. The van der Waals surface area contributed by atoms with Crippen molar-refractivity contribution in [3.63, 3.8) is 0 Å². The predicted octanol–water partition coefficient (Wildman–Crippen LogP) is 4.78. The number of halogens is 1. The van der Waals surface area contributed by atoms with Gasteiger partial charge >= 0.3 is 0 Å². The molecule has 9 heteroatoms. The van der Waals surface area contributed by atoms with Gasteiger partial charge in [0.2, 0.25) is 0 Å². The van der Waals surface area contributed by atoms with E-state index >= 15 is 0 Å². The predicted molar refractivity (Wildman–Crippen MR) is 141 cm³/mol. The van der Waals surface area contributed by atoms with Crippen molar-refractivity contribution in [3.05, 3.63) is 106 Å². The van der Waals surface area contributed by atoms with E-state index in [2.05, 4.69) is 9.97 Å². The highest BCUT2D eigenvalue weighted by atomic mass is 35.5. The van der Waals surface area contributed by atoms with Crippen LogP contribution < -0.4 is 11.3 Å². The van der Waals surface area contributed by atoms with Crippen LogP contribution >= 0.6 is 11.6 Å². The maximum atomic E-state index is 13.8. The Hall–Kier alpha value is -4.56. The third-order valence-electron chi connectivity index (χ3n) is 6.17. The van der Waals surface area contributed by atoms with E-state index < -0.39 is 0 Å². The number of para-hydroxylation sites is 1. The quantitative estimate of drug-likeness (QED) is 0.379. The van der Waals surface area contributed by atoms with E-state index in [1.165, 1.54) is 6.33 Å². The number of aryl methyl sites for hydroxylation is 1. The number of nitrogens with two attached hydrogens (primary N) is 1. The van der Waals surface area contributed by atoms with Crippen molar-refractivity contribution < 1.29 is 0 Å². The van der Waals surface area contributed by atoms with Crippen molar-refractivity contribution in [2.24, 2.45) is 0 Å². The normalized spacial score (nSPS) is 11.4. The Labute approximate surface area is 210 Å². The SMILES string of the molecule is Cc1cccc2nc(Cn3nc(-c4ccccc4)c4c(N)ncnc43)n(-c3ccccc3Cl)c(=O)c12. The largest absolute Gasteiger partial charge is 0.383 e. The summed E-state index contributed by atoms with van der Waals surface area (Å²) in [5, 5.41) is 6.48. The first-order valence-electron chi connectivity index (χ1n) is 11.3. The monoisotopic (exact) mass is 493 g/mol. The molecule has 2 N–H and O–H groups in total. The van der Waals surface area contributed by atoms with Gasteiger partial charge in [0, 0.05) is 5.56 Å². The second-order valence-corrected chi connectivity index (χ2v) is 8.83. The summed E-state index contributed by atoms with van der Waals surface area (Å²) in [6.07, 6.45) is 1.41. The van der Waals surface area contributed by atoms with Crippen molar-refractivity contribution in [3.8, 4) is 16.9 Å². The lowest BCUT2D eigenvalue weighted by Gasteiger charge is -2.16. The maximum Gasteiger partial charge on any atom is 0.266 e. The molecule has 3 aromatic heterocycles. The molecule has 3 heterocycles. The molecule has 0 spiro atoms. The lowest BCUT2D eigenvalue weighted by Crippen LogP contribution is -2.26. The minimum absolute atomic E-state index is 0.157. The number of nitrogen functional groups attached to an aromatic ring is 1. The average Bonchev–Trinajstić information content (AvgIpc) is 3.25. The molecule has 0 saturated carbocycles. The lowest BCUT2D eigenvalue weighted by molar-refractivity contribution is 0.651. The second-order valence-electron chi connectivity index (χ2n) is 8.42. The summed E-state index contributed by atoms with van der Waals surface area (Å²) in [7, 11) is 0. The Morgan fingerprint density at radius 3 is 2.50 bits per heavy atom. The summed E-state index contributed by atoms with van der Waals surface area (Å²) < 4.78 is 3.25. The summed E-state index contributed by atoms with van der Waals surface area (Å²) in [6.45, 7) is 2.05. The number of hydrogen-bond acceptors (Lipinski definition) is 6. The molecule has 0 saturated heterocycles. The maximum absolute atomic E-state index is 13.8. The molecular weight excluding hydrogens is 474 g/mol. The van der Waals surface area contributed by atoms with E-state index in [0.717, 1.165) is 11.1 Å². The van der Waals surface area contributed by atoms with Crippen LogP contribution in [0, 0.1) is 6.92 Å². The molecule has 8 nitrogen and oxygen atoms in total. The zero-order chi connectivity index (χ0) is 24.8. The van der Waals surface area contributed by atoms with E-state index in [1.54, 1.807) is 21.4 Å². The third kappa shape index (κ3) is 3.50. The number of fused-ring (bicyclic) bond motifs is 2. The van der Waals surface area contributed by atoms with Gasteiger partial charge in [0.05, 0.1) is 27.0 Å². The number of anilines is 1. The Bertz CT molecular complexity index is 1830. The molecule has 0 radical (unpaired) electrons. The highest BCUT2D eigenvalue weighted by Crippen LogP contribution is 2.30. The topological polar surface area (TPSA) is 105 Å². The fraction of sp³-hybridized carbons (Fsp3) is 0.0741. The van der Waals surface area contributed by atoms with Gasteiger partial charge in [-0.25, -0.2) is 19.6 Å². The highest BCUT2D eigenvalue weighted by Gasteiger charge is 2.21. The summed E-state index contributed by atoms with van der Waals surface area (Å²) in [5.74, 6) is 0.795. The van der Waals surface area contributed by atoms with Crippen molar-refractivity contribution in [1.82, 2.24) is 29.3 Å². The fourth-order valence-electron chi connectivity index (χ4n) is 4.50. The molecule has 6 rings (SSSR count). The standard InChI is InChI=1S/C27H20ClN7O/c1-16-8-7-12-19-22(16)27(36)35(20-13-6-5-11-18(20)28)21(32-19)14-34-26-23(25(29)30-15-31-26)24(33-34)17-9-3-2-4-10-17/h2-13,15H,14H2,1H3,(H2,29,30,31). The first-order valence-corrected chi connectivity index (χ1v) is 11.7. The van der Waals surface area contributed by atoms with Gasteiger partial charge in [-0.2, -0.15) is 5.10 Å². The van der Waals surface area contributed by atoms with Crippen LogP contribution in [0.15, 0.2) is 83.9 Å². The van der Waals surface area contributed by atoms with Crippen LogP contribution in [0.5, 0.6) is 0 Å². The molecule has 0 aliphatic heterocycles. The molecule has 3 aromatic carbocycles. The van der Waals surface area contributed by atoms with Crippen molar-refractivity contribution >= 4 is 39.4 Å². The zero-order valence-electron chi connectivity index (χ0n) is 19.3. The zero-order valence-corrected chi connectivity index (χ0v) is 20.0. The minimum atomic E-state index is -0.199. The minimum Gasteiger partial charge on any atom is -0.383 e. The third-order valence-corrected chi connectivity index (χ3v) is 6.49. The molecule has 0 bridgehead atoms. The number of benzene rings is 3. The summed E-state index contributed by atoms with van der Waals surface area (Å²) in [5.41, 5.74) is 10.1. The van der Waals surface area contributed by atoms with Gasteiger partial charge in [-0.05, 0) is 30.7 Å². The first kappa shape index (κ1) is 21.9. The molecule has 0 aliphatic carbocycles. The van der Waals surface area contributed by atoms with Gasteiger partial charge in [-0.1, -0.05) is 66.2 Å². The molecule has 0 fully saturated rings. The summed E-state index contributed by atoms with van der Waals surface area (Å²) in [4.78, 5) is 27.4. The van der Waals surface area contributed by atoms with Crippen LogP contribution in [0.25, 0.3) is 38.9 Å². The Kier molecular flexibility index (Phi) is 5.23. The van der Waals surface area contributed by atoms with E-state index in [-0.39, 0.29) is 12.1 Å². The van der Waals surface area contributed by atoms with Crippen molar-refractivity contribution in [2.45, 2.75) is 13.5 Å². The fourth-order valence-corrected chi connectivity index (χ4v) is 4.72.